The summed E-state index contributed by atoms with van der Waals surface area (Å²) >= 11 is 0. The maximum absolute atomic E-state index is 12.2. The van der Waals surface area contributed by atoms with Crippen molar-refractivity contribution in [3.63, 3.8) is 0 Å². The van der Waals surface area contributed by atoms with Crippen molar-refractivity contribution in [1.29, 1.82) is 5.26 Å². The molecule has 18 heavy (non-hydrogen) atoms. The molecule has 1 aromatic carbocycles. The van der Waals surface area contributed by atoms with Gasteiger partial charge in [-0.05, 0) is 24.8 Å². The predicted octanol–water partition coefficient (Wildman–Crippen LogP) is 1.62. The standard InChI is InChI=1S/C14H16N2O2/c15-10-12-8-4-5-9-16(12)14(18)13(17)11-6-2-1-3-7-11/h1-3,6-7,12-13,17H,4-5,8-9H2. The second kappa shape index (κ2) is 5.65. The van der Waals surface area contributed by atoms with E-state index in [1.807, 2.05) is 6.07 Å². The van der Waals surface area contributed by atoms with Gasteiger partial charge in [0.15, 0.2) is 6.10 Å². The average molecular weight is 244 g/mol. The average Bonchev–Trinajstić information content (AvgIpc) is 2.46. The van der Waals surface area contributed by atoms with Gasteiger partial charge in [-0.2, -0.15) is 5.26 Å². The van der Waals surface area contributed by atoms with Crippen molar-refractivity contribution in [2.45, 2.75) is 31.4 Å². The fraction of sp³-hybridized carbons (Fsp3) is 0.429. The van der Waals surface area contributed by atoms with Crippen molar-refractivity contribution in [1.82, 2.24) is 4.90 Å². The van der Waals surface area contributed by atoms with E-state index in [9.17, 15) is 9.90 Å². The SMILES string of the molecule is N#CC1CCCCN1C(=O)C(O)c1ccccc1. The first-order valence-electron chi connectivity index (χ1n) is 6.17. The van der Waals surface area contributed by atoms with Crippen LogP contribution in [0, 0.1) is 11.3 Å². The molecule has 2 unspecified atom stereocenters. The van der Waals surface area contributed by atoms with Crippen molar-refractivity contribution in [2.24, 2.45) is 0 Å². The smallest absolute Gasteiger partial charge is 0.257 e. The third-order valence-corrected chi connectivity index (χ3v) is 3.28. The topological polar surface area (TPSA) is 64.3 Å². The van der Waals surface area contributed by atoms with E-state index in [1.165, 1.54) is 4.90 Å². The molecule has 0 spiro atoms. The second-order valence-electron chi connectivity index (χ2n) is 4.49. The molecule has 1 aliphatic heterocycles. The normalized spacial score (nSPS) is 21.1. The van der Waals surface area contributed by atoms with E-state index in [4.69, 9.17) is 5.26 Å². The lowest BCUT2D eigenvalue weighted by molar-refractivity contribution is -0.143. The molecule has 4 nitrogen and oxygen atoms in total. The first-order valence-corrected chi connectivity index (χ1v) is 6.17. The van der Waals surface area contributed by atoms with Gasteiger partial charge in [0.2, 0.25) is 0 Å². The minimum Gasteiger partial charge on any atom is -0.378 e. The summed E-state index contributed by atoms with van der Waals surface area (Å²) in [6, 6.07) is 10.6. The summed E-state index contributed by atoms with van der Waals surface area (Å²) in [5.41, 5.74) is 0.574. The number of rotatable bonds is 2. The van der Waals surface area contributed by atoms with Gasteiger partial charge in [-0.1, -0.05) is 30.3 Å². The minimum atomic E-state index is -1.17. The lowest BCUT2D eigenvalue weighted by Crippen LogP contribution is -2.45. The molecule has 1 fully saturated rings. The fourth-order valence-electron chi connectivity index (χ4n) is 2.26. The molecule has 2 atom stereocenters. The molecule has 1 aromatic rings. The Morgan fingerprint density at radius 2 is 2.11 bits per heavy atom. The van der Waals surface area contributed by atoms with Crippen LogP contribution in [0.5, 0.6) is 0 Å². The summed E-state index contributed by atoms with van der Waals surface area (Å²) in [4.78, 5) is 13.7. The van der Waals surface area contributed by atoms with Crippen LogP contribution in [0.2, 0.25) is 0 Å². The molecule has 94 valence electrons. The van der Waals surface area contributed by atoms with Gasteiger partial charge in [-0.25, -0.2) is 0 Å². The number of likely N-dealkylation sites (tertiary alicyclic amines) is 1. The molecule has 1 amide bonds. The van der Waals surface area contributed by atoms with Crippen LogP contribution >= 0.6 is 0 Å². The predicted molar refractivity (Wildman–Crippen MR) is 66.4 cm³/mol. The number of carbonyl (C=O) groups is 1. The van der Waals surface area contributed by atoms with Crippen LogP contribution in [-0.2, 0) is 4.79 Å². The maximum Gasteiger partial charge on any atom is 0.257 e. The molecule has 1 saturated heterocycles. The first kappa shape index (κ1) is 12.6. The summed E-state index contributed by atoms with van der Waals surface area (Å²) in [6.45, 7) is 0.557. The molecule has 0 saturated carbocycles. The Kier molecular flexibility index (Phi) is 3.96. The van der Waals surface area contributed by atoms with Crippen molar-refractivity contribution >= 4 is 5.91 Å². The monoisotopic (exact) mass is 244 g/mol. The highest BCUT2D eigenvalue weighted by Crippen LogP contribution is 2.22. The molecule has 1 heterocycles. The van der Waals surface area contributed by atoms with Crippen LogP contribution in [0.3, 0.4) is 0 Å². The molecule has 2 rings (SSSR count). The molecule has 0 radical (unpaired) electrons. The highest BCUT2D eigenvalue weighted by atomic mass is 16.3. The third-order valence-electron chi connectivity index (χ3n) is 3.28. The second-order valence-corrected chi connectivity index (χ2v) is 4.49. The van der Waals surface area contributed by atoms with Gasteiger partial charge in [0.25, 0.3) is 5.91 Å². The number of hydrogen-bond donors (Lipinski definition) is 1. The Bertz CT molecular complexity index is 453. The van der Waals surface area contributed by atoms with Gasteiger partial charge < -0.3 is 10.0 Å². The minimum absolute atomic E-state index is 0.368. The van der Waals surface area contributed by atoms with Gasteiger partial charge in [0, 0.05) is 6.54 Å². The van der Waals surface area contributed by atoms with Gasteiger partial charge in [0.05, 0.1) is 6.07 Å². The largest absolute Gasteiger partial charge is 0.378 e. The van der Waals surface area contributed by atoms with E-state index >= 15 is 0 Å². The van der Waals surface area contributed by atoms with Crippen LogP contribution in [0.1, 0.15) is 30.9 Å². The molecule has 0 aliphatic carbocycles. The quantitative estimate of drug-likeness (QED) is 0.859. The van der Waals surface area contributed by atoms with E-state index in [0.29, 0.717) is 18.5 Å². The molecule has 1 N–H and O–H groups in total. The van der Waals surface area contributed by atoms with Crippen molar-refractivity contribution in [2.75, 3.05) is 6.54 Å². The fourth-order valence-corrected chi connectivity index (χ4v) is 2.26. The number of nitrogens with zero attached hydrogens (tertiary/aromatic N) is 2. The van der Waals surface area contributed by atoms with Crippen LogP contribution in [0.25, 0.3) is 0 Å². The number of aliphatic hydroxyl groups is 1. The third kappa shape index (κ3) is 2.52. The highest BCUT2D eigenvalue weighted by molar-refractivity contribution is 5.82. The first-order chi connectivity index (χ1) is 8.74. The Hall–Kier alpha value is -1.86. The number of nitriles is 1. The van der Waals surface area contributed by atoms with Crippen molar-refractivity contribution < 1.29 is 9.90 Å². The Labute approximate surface area is 106 Å². The summed E-state index contributed by atoms with van der Waals surface area (Å²) < 4.78 is 0. The molecular formula is C14H16N2O2. The number of benzene rings is 1. The van der Waals surface area contributed by atoms with Crippen molar-refractivity contribution in [3.8, 4) is 6.07 Å². The summed E-state index contributed by atoms with van der Waals surface area (Å²) in [7, 11) is 0. The number of hydrogen-bond acceptors (Lipinski definition) is 3. The van der Waals surface area contributed by atoms with Gasteiger partial charge >= 0.3 is 0 Å². The zero-order valence-electron chi connectivity index (χ0n) is 10.1. The van der Waals surface area contributed by atoms with Crippen LogP contribution in [0.15, 0.2) is 30.3 Å². The number of carbonyl (C=O) groups excluding carboxylic acids is 1. The maximum atomic E-state index is 12.2. The van der Waals surface area contributed by atoms with E-state index in [-0.39, 0.29) is 5.91 Å². The zero-order chi connectivity index (χ0) is 13.0. The molecule has 1 aliphatic rings. The Morgan fingerprint density at radius 3 is 2.78 bits per heavy atom. The molecule has 0 aromatic heterocycles. The summed E-state index contributed by atoms with van der Waals surface area (Å²) in [5.74, 6) is -0.368. The van der Waals surface area contributed by atoms with E-state index in [2.05, 4.69) is 6.07 Å². The Morgan fingerprint density at radius 1 is 1.39 bits per heavy atom. The Balaban J connectivity index is 2.13. The summed E-state index contributed by atoms with van der Waals surface area (Å²) in [5, 5.41) is 19.1. The highest BCUT2D eigenvalue weighted by Gasteiger charge is 2.31. The lowest BCUT2D eigenvalue weighted by Gasteiger charge is -2.32. The van der Waals surface area contributed by atoms with Crippen LogP contribution in [0.4, 0.5) is 0 Å². The number of aliphatic hydroxyl groups excluding tert-OH is 1. The van der Waals surface area contributed by atoms with Crippen LogP contribution < -0.4 is 0 Å². The van der Waals surface area contributed by atoms with Gasteiger partial charge in [0.1, 0.15) is 6.04 Å². The van der Waals surface area contributed by atoms with Crippen LogP contribution in [-0.4, -0.2) is 28.5 Å². The molecule has 0 bridgehead atoms. The lowest BCUT2D eigenvalue weighted by atomic mass is 10.0. The zero-order valence-corrected chi connectivity index (χ0v) is 10.1. The molecule has 4 heteroatoms. The van der Waals surface area contributed by atoms with E-state index in [1.54, 1.807) is 24.3 Å². The summed E-state index contributed by atoms with van der Waals surface area (Å²) in [6.07, 6.45) is 1.39. The van der Waals surface area contributed by atoms with E-state index in [0.717, 1.165) is 12.8 Å². The van der Waals surface area contributed by atoms with Crippen molar-refractivity contribution in [3.05, 3.63) is 35.9 Å². The number of amides is 1. The molecular weight excluding hydrogens is 228 g/mol. The van der Waals surface area contributed by atoms with E-state index < -0.39 is 12.1 Å². The van der Waals surface area contributed by atoms with Gasteiger partial charge in [-0.3, -0.25) is 4.79 Å². The number of piperidine rings is 1. The van der Waals surface area contributed by atoms with Gasteiger partial charge in [-0.15, -0.1) is 0 Å².